The number of amides is 1. The van der Waals surface area contributed by atoms with Crippen molar-refractivity contribution < 1.29 is 23.8 Å². The van der Waals surface area contributed by atoms with Gasteiger partial charge in [-0.2, -0.15) is 0 Å². The number of aliphatic carboxylic acids is 1. The molecule has 8 heteroatoms. The number of carbonyl (C=O) groups excluding carboxylic acids is 1. The molecule has 3 aliphatic rings. The quantitative estimate of drug-likeness (QED) is 0.723. The van der Waals surface area contributed by atoms with Crippen LogP contribution in [0.2, 0.25) is 10.0 Å². The topological polar surface area (TPSA) is 75.6 Å². The van der Waals surface area contributed by atoms with E-state index in [1.54, 1.807) is 32.9 Å². The molecule has 0 aliphatic heterocycles. The highest BCUT2D eigenvalue weighted by Crippen LogP contribution is 2.75. The molecule has 5 nitrogen and oxygen atoms in total. The van der Waals surface area contributed by atoms with Gasteiger partial charge < -0.3 is 15.2 Å². The summed E-state index contributed by atoms with van der Waals surface area (Å²) in [5.41, 5.74) is -0.701. The highest BCUT2D eigenvalue weighted by Gasteiger charge is 2.72. The molecule has 1 atom stereocenters. The minimum atomic E-state index is -1.10. The molecule has 142 valence electrons. The Balaban J connectivity index is 1.73. The van der Waals surface area contributed by atoms with Gasteiger partial charge in [-0.05, 0) is 63.1 Å². The third-order valence-electron chi connectivity index (χ3n) is 5.19. The summed E-state index contributed by atoms with van der Waals surface area (Å²) in [4.78, 5) is 23.7. The number of alkyl carbamates (subject to hydrolysis) is 1. The first-order valence-corrected chi connectivity index (χ1v) is 9.01. The number of carbonyl (C=O) groups is 2. The van der Waals surface area contributed by atoms with Gasteiger partial charge in [0.2, 0.25) is 0 Å². The average molecular weight is 404 g/mol. The number of halogens is 3. The van der Waals surface area contributed by atoms with Gasteiger partial charge in [0.1, 0.15) is 11.6 Å². The molecule has 1 amide bonds. The Kier molecular flexibility index (Phi) is 4.43. The molecule has 2 N–H and O–H groups in total. The Bertz CT molecular complexity index is 747. The predicted molar refractivity (Wildman–Crippen MR) is 95.2 cm³/mol. The van der Waals surface area contributed by atoms with Crippen LogP contribution in [-0.4, -0.2) is 28.8 Å². The lowest BCUT2D eigenvalue weighted by Crippen LogP contribution is -2.73. The molecule has 1 aromatic rings. The summed E-state index contributed by atoms with van der Waals surface area (Å²) in [6.45, 7) is 5.13. The molecule has 0 heterocycles. The number of ether oxygens (including phenoxy) is 1. The summed E-state index contributed by atoms with van der Waals surface area (Å²) < 4.78 is 18.8. The molecule has 4 rings (SSSR count). The number of benzene rings is 1. The van der Waals surface area contributed by atoms with Gasteiger partial charge in [0.05, 0.1) is 10.0 Å². The van der Waals surface area contributed by atoms with Crippen molar-refractivity contribution >= 4 is 35.3 Å². The van der Waals surface area contributed by atoms with E-state index in [1.165, 1.54) is 0 Å². The van der Waals surface area contributed by atoms with E-state index in [4.69, 9.17) is 27.9 Å². The van der Waals surface area contributed by atoms with Gasteiger partial charge in [-0.15, -0.1) is 0 Å². The van der Waals surface area contributed by atoms with E-state index < -0.39 is 34.9 Å². The summed E-state index contributed by atoms with van der Waals surface area (Å²) in [6.07, 6.45) is 0.929. The molecule has 26 heavy (non-hydrogen) atoms. The molecular formula is C18H20Cl2FNO4. The Labute approximate surface area is 160 Å². The van der Waals surface area contributed by atoms with Gasteiger partial charge in [0, 0.05) is 5.41 Å². The first kappa shape index (κ1) is 19.2. The predicted octanol–water partition coefficient (Wildman–Crippen LogP) is 4.53. The third kappa shape index (κ3) is 3.14. The maximum absolute atomic E-state index is 13.6. The lowest BCUT2D eigenvalue weighted by molar-refractivity contribution is -0.183. The van der Waals surface area contributed by atoms with Crippen LogP contribution in [0.4, 0.5) is 9.18 Å². The summed E-state index contributed by atoms with van der Waals surface area (Å²) in [5, 5.41) is 11.9. The fourth-order valence-corrected chi connectivity index (χ4v) is 4.73. The molecule has 0 spiro atoms. The van der Waals surface area contributed by atoms with Gasteiger partial charge >= 0.3 is 12.1 Å². The van der Waals surface area contributed by atoms with Crippen molar-refractivity contribution in [2.75, 3.05) is 0 Å². The van der Waals surface area contributed by atoms with Crippen LogP contribution in [0.5, 0.6) is 0 Å². The summed E-state index contributed by atoms with van der Waals surface area (Å²) >= 11 is 11.7. The van der Waals surface area contributed by atoms with E-state index in [0.717, 1.165) is 5.56 Å². The van der Waals surface area contributed by atoms with Crippen molar-refractivity contribution in [3.8, 4) is 0 Å². The molecule has 1 unspecified atom stereocenters. The maximum Gasteiger partial charge on any atom is 0.408 e. The van der Waals surface area contributed by atoms with Crippen LogP contribution < -0.4 is 5.32 Å². The third-order valence-corrected chi connectivity index (χ3v) is 5.74. The van der Waals surface area contributed by atoms with Crippen molar-refractivity contribution in [2.45, 2.75) is 57.1 Å². The van der Waals surface area contributed by atoms with Crippen LogP contribution in [0.25, 0.3) is 0 Å². The van der Waals surface area contributed by atoms with Crippen LogP contribution >= 0.6 is 23.2 Å². The monoisotopic (exact) mass is 403 g/mol. The molecule has 3 fully saturated rings. The molecule has 1 aromatic carbocycles. The van der Waals surface area contributed by atoms with E-state index in [0.29, 0.717) is 19.3 Å². The zero-order valence-electron chi connectivity index (χ0n) is 14.7. The molecule has 3 aliphatic carbocycles. The Morgan fingerprint density at radius 1 is 1.23 bits per heavy atom. The van der Waals surface area contributed by atoms with Gasteiger partial charge in [-0.1, -0.05) is 23.2 Å². The SMILES string of the molecule is CC(C)(C)OC(=O)NC(C(=O)O)C12CC(c3cc(Cl)c(F)c(Cl)c3)(C1)C2. The molecule has 0 aromatic heterocycles. The van der Waals surface area contributed by atoms with Gasteiger partial charge in [-0.25, -0.2) is 14.0 Å². The van der Waals surface area contributed by atoms with Crippen LogP contribution in [0.15, 0.2) is 12.1 Å². The van der Waals surface area contributed by atoms with Crippen molar-refractivity contribution in [3.63, 3.8) is 0 Å². The first-order chi connectivity index (χ1) is 11.9. The van der Waals surface area contributed by atoms with E-state index in [-0.39, 0.29) is 15.5 Å². The van der Waals surface area contributed by atoms with Gasteiger partial charge in [0.15, 0.2) is 5.82 Å². The van der Waals surface area contributed by atoms with E-state index >= 15 is 0 Å². The van der Waals surface area contributed by atoms with Crippen LogP contribution in [0.3, 0.4) is 0 Å². The van der Waals surface area contributed by atoms with Crippen molar-refractivity contribution in [3.05, 3.63) is 33.6 Å². The Hall–Kier alpha value is -1.53. The second kappa shape index (κ2) is 5.99. The summed E-state index contributed by atoms with van der Waals surface area (Å²) in [6, 6.07) is 2.05. The number of hydrogen-bond donors (Lipinski definition) is 2. The van der Waals surface area contributed by atoms with Gasteiger partial charge in [0.25, 0.3) is 0 Å². The zero-order chi connectivity index (χ0) is 19.5. The second-order valence-electron chi connectivity index (χ2n) is 8.34. The maximum atomic E-state index is 13.6. The highest BCUT2D eigenvalue weighted by molar-refractivity contribution is 6.35. The molecule has 2 bridgehead atoms. The molecular weight excluding hydrogens is 384 g/mol. The minimum absolute atomic E-state index is 0.0482. The standard InChI is InChI=1S/C18H20Cl2FNO4/c1-16(2,3)26-15(25)22-13(14(23)24)18-6-17(7-18,8-18)9-4-10(19)12(21)11(20)5-9/h4-5,13H,6-8H2,1-3H3,(H,22,25)(H,23,24). The van der Waals surface area contributed by atoms with E-state index in [2.05, 4.69) is 5.32 Å². The fourth-order valence-electron chi connectivity index (χ4n) is 4.24. The fraction of sp³-hybridized carbons (Fsp3) is 0.556. The van der Waals surface area contributed by atoms with Crippen LogP contribution in [-0.2, 0) is 14.9 Å². The lowest BCUT2D eigenvalue weighted by Gasteiger charge is -2.72. The number of hydrogen-bond acceptors (Lipinski definition) is 3. The molecule has 0 saturated heterocycles. The normalized spacial score (nSPS) is 27.8. The van der Waals surface area contributed by atoms with E-state index in [1.807, 2.05) is 0 Å². The highest BCUT2D eigenvalue weighted by atomic mass is 35.5. The largest absolute Gasteiger partial charge is 0.480 e. The van der Waals surface area contributed by atoms with Crippen LogP contribution in [0.1, 0.15) is 45.6 Å². The van der Waals surface area contributed by atoms with E-state index in [9.17, 15) is 19.1 Å². The minimum Gasteiger partial charge on any atom is -0.480 e. The van der Waals surface area contributed by atoms with Crippen molar-refractivity contribution in [1.82, 2.24) is 5.32 Å². The lowest BCUT2D eigenvalue weighted by atomic mass is 9.31. The van der Waals surface area contributed by atoms with Gasteiger partial charge in [-0.3, -0.25) is 0 Å². The number of nitrogens with one attached hydrogen (secondary N) is 1. The Morgan fingerprint density at radius 2 is 1.73 bits per heavy atom. The average Bonchev–Trinajstić information content (AvgIpc) is 2.38. The second-order valence-corrected chi connectivity index (χ2v) is 9.16. The summed E-state index contributed by atoms with van der Waals surface area (Å²) in [7, 11) is 0. The number of rotatable bonds is 4. The zero-order valence-corrected chi connectivity index (χ0v) is 16.2. The summed E-state index contributed by atoms with van der Waals surface area (Å²) in [5.74, 6) is -1.76. The number of carboxylic acid groups (broad SMARTS) is 1. The first-order valence-electron chi connectivity index (χ1n) is 8.25. The van der Waals surface area contributed by atoms with Crippen molar-refractivity contribution in [1.29, 1.82) is 0 Å². The van der Waals surface area contributed by atoms with Crippen LogP contribution in [0, 0.1) is 11.2 Å². The smallest absolute Gasteiger partial charge is 0.408 e. The molecule has 0 radical (unpaired) electrons. The number of carboxylic acids is 1. The van der Waals surface area contributed by atoms with Crippen molar-refractivity contribution in [2.24, 2.45) is 5.41 Å². The molecule has 3 saturated carbocycles. The Morgan fingerprint density at radius 3 is 2.15 bits per heavy atom.